The number of carbonyl (C=O) groups excluding carboxylic acids is 1. The van der Waals surface area contributed by atoms with E-state index < -0.39 is 6.10 Å². The molecule has 1 rings (SSSR count). The molecule has 1 fully saturated rings. The van der Waals surface area contributed by atoms with Gasteiger partial charge in [-0.15, -0.1) is 0 Å². The molecule has 0 aromatic heterocycles. The average molecular weight is 312 g/mol. The van der Waals surface area contributed by atoms with Crippen molar-refractivity contribution in [2.45, 2.75) is 102 Å². The summed E-state index contributed by atoms with van der Waals surface area (Å²) in [6, 6.07) is 0. The van der Waals surface area contributed by atoms with Gasteiger partial charge in [0.05, 0.1) is 19.6 Å². The van der Waals surface area contributed by atoms with Crippen LogP contribution >= 0.6 is 0 Å². The minimum Gasteiger partial charge on any atom is -0.469 e. The lowest BCUT2D eigenvalue weighted by atomic mass is 9.93. The first-order chi connectivity index (χ1) is 10.7. The van der Waals surface area contributed by atoms with Gasteiger partial charge in [0.1, 0.15) is 0 Å². The second-order valence-electron chi connectivity index (χ2n) is 6.99. The molecule has 0 bridgehead atoms. The molecule has 0 aliphatic heterocycles. The molecule has 130 valence electrons. The van der Waals surface area contributed by atoms with Crippen molar-refractivity contribution >= 4 is 5.97 Å². The number of hydrogen-bond acceptors (Lipinski definition) is 3. The molecule has 0 heterocycles. The van der Waals surface area contributed by atoms with Crippen molar-refractivity contribution in [3.05, 3.63) is 0 Å². The zero-order valence-electron chi connectivity index (χ0n) is 14.5. The highest BCUT2D eigenvalue weighted by Gasteiger charge is 2.12. The topological polar surface area (TPSA) is 46.5 Å². The molecule has 0 amide bonds. The van der Waals surface area contributed by atoms with Crippen LogP contribution in [-0.4, -0.2) is 24.3 Å². The van der Waals surface area contributed by atoms with Crippen LogP contribution in [0.1, 0.15) is 96.3 Å². The van der Waals surface area contributed by atoms with Crippen LogP contribution in [0, 0.1) is 5.92 Å². The van der Waals surface area contributed by atoms with Crippen molar-refractivity contribution in [1.82, 2.24) is 0 Å². The summed E-state index contributed by atoms with van der Waals surface area (Å²) >= 11 is 0. The zero-order valence-corrected chi connectivity index (χ0v) is 14.5. The van der Waals surface area contributed by atoms with Crippen molar-refractivity contribution in [1.29, 1.82) is 0 Å². The van der Waals surface area contributed by atoms with Gasteiger partial charge in [0.2, 0.25) is 0 Å². The van der Waals surface area contributed by atoms with Crippen LogP contribution in [0.25, 0.3) is 0 Å². The summed E-state index contributed by atoms with van der Waals surface area (Å²) in [4.78, 5) is 11.0. The lowest BCUT2D eigenvalue weighted by molar-refractivity contribution is -0.142. The second kappa shape index (κ2) is 12.9. The molecule has 3 heteroatoms. The molecule has 1 N–H and O–H groups in total. The standard InChI is InChI=1S/C19H36O3/c1-22-19(21)16-18(20)15-11-5-3-2-4-8-12-17-13-9-6-7-10-14-17/h17-18,20H,2-16H2,1H3. The van der Waals surface area contributed by atoms with E-state index in [1.807, 2.05) is 0 Å². The van der Waals surface area contributed by atoms with Gasteiger partial charge in [0.25, 0.3) is 0 Å². The van der Waals surface area contributed by atoms with E-state index in [-0.39, 0.29) is 12.4 Å². The first-order valence-corrected chi connectivity index (χ1v) is 9.47. The van der Waals surface area contributed by atoms with Crippen LogP contribution in [-0.2, 0) is 9.53 Å². The molecular formula is C19H36O3. The van der Waals surface area contributed by atoms with E-state index in [1.165, 1.54) is 84.2 Å². The van der Waals surface area contributed by atoms with Crippen LogP contribution in [0.5, 0.6) is 0 Å². The van der Waals surface area contributed by atoms with E-state index >= 15 is 0 Å². The zero-order chi connectivity index (χ0) is 16.0. The van der Waals surface area contributed by atoms with Crippen LogP contribution in [0.4, 0.5) is 0 Å². The molecule has 0 aromatic carbocycles. The Hall–Kier alpha value is -0.570. The Bertz CT molecular complexity index is 270. The molecule has 0 radical (unpaired) electrons. The Kier molecular flexibility index (Phi) is 11.4. The fourth-order valence-corrected chi connectivity index (χ4v) is 3.55. The van der Waals surface area contributed by atoms with Gasteiger partial charge in [-0.3, -0.25) is 4.79 Å². The smallest absolute Gasteiger partial charge is 0.308 e. The van der Waals surface area contributed by atoms with Crippen LogP contribution in [0.2, 0.25) is 0 Å². The Morgan fingerprint density at radius 2 is 1.59 bits per heavy atom. The van der Waals surface area contributed by atoms with Crippen molar-refractivity contribution in [2.24, 2.45) is 5.92 Å². The predicted octanol–water partition coefficient (Wildman–Crippen LogP) is 5.00. The first kappa shape index (κ1) is 19.5. The molecular weight excluding hydrogens is 276 g/mol. The van der Waals surface area contributed by atoms with Crippen LogP contribution in [0.3, 0.4) is 0 Å². The third-order valence-electron chi connectivity index (χ3n) is 5.00. The lowest BCUT2D eigenvalue weighted by Gasteiger charge is -2.13. The minimum atomic E-state index is -0.525. The van der Waals surface area contributed by atoms with Crippen LogP contribution in [0.15, 0.2) is 0 Å². The van der Waals surface area contributed by atoms with Crippen molar-refractivity contribution in [3.8, 4) is 0 Å². The number of hydrogen-bond donors (Lipinski definition) is 1. The summed E-state index contributed by atoms with van der Waals surface area (Å²) in [6.07, 6.45) is 18.1. The van der Waals surface area contributed by atoms with Gasteiger partial charge in [0.15, 0.2) is 0 Å². The quantitative estimate of drug-likeness (QED) is 0.332. The van der Waals surface area contributed by atoms with Gasteiger partial charge >= 0.3 is 5.97 Å². The van der Waals surface area contributed by atoms with Gasteiger partial charge in [-0.25, -0.2) is 0 Å². The number of unbranched alkanes of at least 4 members (excludes halogenated alkanes) is 5. The Morgan fingerprint density at radius 1 is 1.00 bits per heavy atom. The third kappa shape index (κ3) is 10.2. The SMILES string of the molecule is COC(=O)CC(O)CCCCCCCCC1CCCCCC1. The molecule has 1 aliphatic carbocycles. The maximum atomic E-state index is 11.0. The second-order valence-corrected chi connectivity index (χ2v) is 6.99. The number of methoxy groups -OCH3 is 1. The molecule has 22 heavy (non-hydrogen) atoms. The lowest BCUT2D eigenvalue weighted by Crippen LogP contribution is -2.14. The highest BCUT2D eigenvalue weighted by molar-refractivity contribution is 5.69. The van der Waals surface area contributed by atoms with Gasteiger partial charge in [-0.05, 0) is 12.3 Å². The fourth-order valence-electron chi connectivity index (χ4n) is 3.55. The van der Waals surface area contributed by atoms with Crippen molar-refractivity contribution in [2.75, 3.05) is 7.11 Å². The Balaban J connectivity index is 1.86. The maximum Gasteiger partial charge on any atom is 0.308 e. The number of carbonyl (C=O) groups is 1. The van der Waals surface area contributed by atoms with Gasteiger partial charge in [0, 0.05) is 0 Å². The fraction of sp³-hybridized carbons (Fsp3) is 0.947. The summed E-state index contributed by atoms with van der Waals surface area (Å²) in [5.41, 5.74) is 0. The number of rotatable bonds is 11. The van der Waals surface area contributed by atoms with Crippen LogP contribution < -0.4 is 0 Å². The molecule has 1 atom stereocenters. The normalized spacial score (nSPS) is 17.9. The van der Waals surface area contributed by atoms with E-state index in [2.05, 4.69) is 4.74 Å². The summed E-state index contributed by atoms with van der Waals surface area (Å²) < 4.78 is 4.55. The molecule has 0 saturated heterocycles. The van der Waals surface area contributed by atoms with Crippen molar-refractivity contribution in [3.63, 3.8) is 0 Å². The molecule has 1 aliphatic rings. The summed E-state index contributed by atoms with van der Waals surface area (Å²) in [6.45, 7) is 0. The highest BCUT2D eigenvalue weighted by atomic mass is 16.5. The third-order valence-corrected chi connectivity index (χ3v) is 5.00. The van der Waals surface area contributed by atoms with E-state index in [1.54, 1.807) is 0 Å². The minimum absolute atomic E-state index is 0.137. The van der Waals surface area contributed by atoms with E-state index in [4.69, 9.17) is 0 Å². The Labute approximate surface area is 136 Å². The molecule has 0 spiro atoms. The van der Waals surface area contributed by atoms with Crippen molar-refractivity contribution < 1.29 is 14.6 Å². The summed E-state index contributed by atoms with van der Waals surface area (Å²) in [7, 11) is 1.37. The van der Waals surface area contributed by atoms with Gasteiger partial charge in [-0.1, -0.05) is 83.5 Å². The molecule has 1 saturated carbocycles. The van der Waals surface area contributed by atoms with E-state index in [0.29, 0.717) is 0 Å². The average Bonchev–Trinajstić information content (AvgIpc) is 2.78. The number of aliphatic hydroxyl groups excluding tert-OH is 1. The summed E-state index contributed by atoms with van der Waals surface area (Å²) in [5.74, 6) is 0.696. The maximum absolute atomic E-state index is 11.0. The molecule has 1 unspecified atom stereocenters. The molecule has 3 nitrogen and oxygen atoms in total. The van der Waals surface area contributed by atoms with Gasteiger partial charge < -0.3 is 9.84 Å². The molecule has 0 aromatic rings. The van der Waals surface area contributed by atoms with E-state index in [9.17, 15) is 9.90 Å². The monoisotopic (exact) mass is 312 g/mol. The summed E-state index contributed by atoms with van der Waals surface area (Å²) in [5, 5.41) is 9.66. The predicted molar refractivity (Wildman–Crippen MR) is 90.8 cm³/mol. The number of aliphatic hydroxyl groups is 1. The largest absolute Gasteiger partial charge is 0.469 e. The van der Waals surface area contributed by atoms with Gasteiger partial charge in [-0.2, -0.15) is 0 Å². The number of esters is 1. The first-order valence-electron chi connectivity index (χ1n) is 9.47. The Morgan fingerprint density at radius 3 is 2.23 bits per heavy atom. The van der Waals surface area contributed by atoms with E-state index in [0.717, 1.165) is 18.8 Å². The number of ether oxygens (including phenoxy) is 1. The highest BCUT2D eigenvalue weighted by Crippen LogP contribution is 2.27.